The fourth-order valence-corrected chi connectivity index (χ4v) is 3.03. The van der Waals surface area contributed by atoms with Crippen molar-refractivity contribution in [3.05, 3.63) is 40.9 Å². The van der Waals surface area contributed by atoms with Crippen LogP contribution in [-0.4, -0.2) is 31.7 Å². The van der Waals surface area contributed by atoms with Gasteiger partial charge in [0.1, 0.15) is 0 Å². The molecule has 110 valence electrons. The van der Waals surface area contributed by atoms with Crippen LogP contribution in [0.25, 0.3) is 10.8 Å². The lowest BCUT2D eigenvalue weighted by Crippen LogP contribution is -2.43. The van der Waals surface area contributed by atoms with Crippen molar-refractivity contribution in [2.75, 3.05) is 25.1 Å². The Balaban J connectivity index is 1.75. The summed E-state index contributed by atoms with van der Waals surface area (Å²) >= 11 is 3.54. The van der Waals surface area contributed by atoms with E-state index in [1.54, 1.807) is 0 Å². The summed E-state index contributed by atoms with van der Waals surface area (Å²) < 4.78 is 6.40. The molecule has 3 rings (SSSR count). The highest BCUT2D eigenvalue weighted by Crippen LogP contribution is 2.30. The molecule has 2 aromatic rings. The lowest BCUT2D eigenvalue weighted by atomic mass is 10.1. The first-order chi connectivity index (χ1) is 10.2. The second-order valence-corrected chi connectivity index (χ2v) is 5.97. The molecule has 0 aliphatic carbocycles. The van der Waals surface area contributed by atoms with Crippen LogP contribution in [0.2, 0.25) is 0 Å². The van der Waals surface area contributed by atoms with Crippen LogP contribution in [0.5, 0.6) is 0 Å². The van der Waals surface area contributed by atoms with E-state index in [0.29, 0.717) is 13.0 Å². The molecular formula is C16H17BrN2O2. The standard InChI is InChI=1S/C16H17BrN2O2/c17-14-5-6-15(13-4-2-1-3-12(13)14)19-16(20)9-11-10-21-8-7-18-11/h1-6,11,18H,7-10H2,(H,19,20). The van der Waals surface area contributed by atoms with Crippen LogP contribution in [0.1, 0.15) is 6.42 Å². The maximum absolute atomic E-state index is 12.2. The zero-order valence-electron chi connectivity index (χ0n) is 11.6. The second kappa shape index (κ2) is 6.56. The first kappa shape index (κ1) is 14.5. The number of rotatable bonds is 3. The summed E-state index contributed by atoms with van der Waals surface area (Å²) in [6.07, 6.45) is 0.421. The SMILES string of the molecule is O=C(CC1COCCN1)Nc1ccc(Br)c2ccccc12. The van der Waals surface area contributed by atoms with Gasteiger partial charge in [-0.2, -0.15) is 0 Å². The molecule has 2 aromatic carbocycles. The summed E-state index contributed by atoms with van der Waals surface area (Å²) in [6, 6.07) is 12.0. The third kappa shape index (κ3) is 3.43. The van der Waals surface area contributed by atoms with Crippen molar-refractivity contribution in [1.82, 2.24) is 5.32 Å². The Kier molecular flexibility index (Phi) is 4.53. The van der Waals surface area contributed by atoms with E-state index < -0.39 is 0 Å². The molecule has 1 unspecified atom stereocenters. The molecule has 5 heteroatoms. The van der Waals surface area contributed by atoms with E-state index in [9.17, 15) is 4.79 Å². The number of hydrogen-bond donors (Lipinski definition) is 2. The molecule has 1 saturated heterocycles. The maximum atomic E-state index is 12.2. The number of halogens is 1. The average Bonchev–Trinajstić information content (AvgIpc) is 2.51. The molecule has 0 aromatic heterocycles. The highest BCUT2D eigenvalue weighted by atomic mass is 79.9. The molecule has 1 atom stereocenters. The van der Waals surface area contributed by atoms with Crippen LogP contribution in [0.15, 0.2) is 40.9 Å². The largest absolute Gasteiger partial charge is 0.378 e. The zero-order chi connectivity index (χ0) is 14.7. The van der Waals surface area contributed by atoms with Gasteiger partial charge in [-0.1, -0.05) is 40.2 Å². The molecule has 4 nitrogen and oxygen atoms in total. The summed E-state index contributed by atoms with van der Waals surface area (Å²) in [5, 5.41) is 8.42. The smallest absolute Gasteiger partial charge is 0.226 e. The van der Waals surface area contributed by atoms with Gasteiger partial charge in [0.25, 0.3) is 0 Å². The molecule has 1 amide bonds. The van der Waals surface area contributed by atoms with E-state index in [1.807, 2.05) is 36.4 Å². The van der Waals surface area contributed by atoms with Crippen molar-refractivity contribution in [1.29, 1.82) is 0 Å². The van der Waals surface area contributed by atoms with Crippen LogP contribution < -0.4 is 10.6 Å². The predicted molar refractivity (Wildman–Crippen MR) is 87.5 cm³/mol. The normalized spacial score (nSPS) is 18.6. The summed E-state index contributed by atoms with van der Waals surface area (Å²) in [5.74, 6) is 0.00507. The number of anilines is 1. The van der Waals surface area contributed by atoms with Gasteiger partial charge >= 0.3 is 0 Å². The lowest BCUT2D eigenvalue weighted by Gasteiger charge is -2.23. The van der Waals surface area contributed by atoms with Gasteiger partial charge in [-0.3, -0.25) is 4.79 Å². The minimum Gasteiger partial charge on any atom is -0.378 e. The Bertz CT molecular complexity index is 654. The molecule has 1 heterocycles. The fourth-order valence-electron chi connectivity index (χ4n) is 2.55. The molecule has 1 aliphatic heterocycles. The van der Waals surface area contributed by atoms with Crippen molar-refractivity contribution in [3.63, 3.8) is 0 Å². The minimum atomic E-state index is 0.00507. The van der Waals surface area contributed by atoms with E-state index in [1.165, 1.54) is 0 Å². The van der Waals surface area contributed by atoms with Crippen molar-refractivity contribution in [2.45, 2.75) is 12.5 Å². The minimum absolute atomic E-state index is 0.00507. The average molecular weight is 349 g/mol. The van der Waals surface area contributed by atoms with Crippen molar-refractivity contribution < 1.29 is 9.53 Å². The van der Waals surface area contributed by atoms with Crippen LogP contribution in [0.4, 0.5) is 5.69 Å². The van der Waals surface area contributed by atoms with Gasteiger partial charge in [-0.25, -0.2) is 0 Å². The summed E-state index contributed by atoms with van der Waals surface area (Å²) in [4.78, 5) is 12.2. The van der Waals surface area contributed by atoms with Crippen LogP contribution >= 0.6 is 15.9 Å². The number of carbonyl (C=O) groups is 1. The fraction of sp³-hybridized carbons (Fsp3) is 0.312. The van der Waals surface area contributed by atoms with Gasteiger partial charge < -0.3 is 15.4 Å². The monoisotopic (exact) mass is 348 g/mol. The van der Waals surface area contributed by atoms with E-state index in [4.69, 9.17) is 4.74 Å². The van der Waals surface area contributed by atoms with Crippen LogP contribution in [0, 0.1) is 0 Å². The molecule has 0 saturated carbocycles. The van der Waals surface area contributed by atoms with Crippen molar-refractivity contribution in [3.8, 4) is 0 Å². The Hall–Kier alpha value is -1.43. The number of fused-ring (bicyclic) bond motifs is 1. The third-order valence-electron chi connectivity index (χ3n) is 3.58. The molecule has 0 bridgehead atoms. The highest BCUT2D eigenvalue weighted by Gasteiger charge is 2.17. The molecule has 1 aliphatic rings. The first-order valence-electron chi connectivity index (χ1n) is 7.02. The number of morpholine rings is 1. The predicted octanol–water partition coefficient (Wildman–Crippen LogP) is 2.92. The maximum Gasteiger partial charge on any atom is 0.226 e. The Labute approximate surface area is 132 Å². The molecular weight excluding hydrogens is 332 g/mol. The number of amides is 1. The van der Waals surface area contributed by atoms with Crippen LogP contribution in [0.3, 0.4) is 0 Å². The van der Waals surface area contributed by atoms with Crippen LogP contribution in [-0.2, 0) is 9.53 Å². The van der Waals surface area contributed by atoms with Crippen molar-refractivity contribution >= 4 is 38.3 Å². The van der Waals surface area contributed by atoms with E-state index in [0.717, 1.165) is 34.1 Å². The molecule has 21 heavy (non-hydrogen) atoms. The number of carbonyl (C=O) groups excluding carboxylic acids is 1. The Morgan fingerprint density at radius 1 is 1.29 bits per heavy atom. The lowest BCUT2D eigenvalue weighted by molar-refractivity contribution is -0.117. The topological polar surface area (TPSA) is 50.4 Å². The van der Waals surface area contributed by atoms with E-state index >= 15 is 0 Å². The molecule has 0 radical (unpaired) electrons. The van der Waals surface area contributed by atoms with Crippen molar-refractivity contribution in [2.24, 2.45) is 0 Å². The first-order valence-corrected chi connectivity index (χ1v) is 7.81. The number of benzene rings is 2. The summed E-state index contributed by atoms with van der Waals surface area (Å²) in [5.41, 5.74) is 0.843. The molecule has 2 N–H and O–H groups in total. The number of nitrogens with one attached hydrogen (secondary N) is 2. The number of ether oxygens (including phenoxy) is 1. The van der Waals surface area contributed by atoms with Gasteiger partial charge in [-0.15, -0.1) is 0 Å². The van der Waals surface area contributed by atoms with Gasteiger partial charge in [0, 0.05) is 34.6 Å². The van der Waals surface area contributed by atoms with Gasteiger partial charge in [0.2, 0.25) is 5.91 Å². The quantitative estimate of drug-likeness (QED) is 0.896. The summed E-state index contributed by atoms with van der Waals surface area (Å²) in [7, 11) is 0. The zero-order valence-corrected chi connectivity index (χ0v) is 13.2. The number of hydrogen-bond acceptors (Lipinski definition) is 3. The second-order valence-electron chi connectivity index (χ2n) is 5.12. The summed E-state index contributed by atoms with van der Waals surface area (Å²) in [6.45, 7) is 2.11. The third-order valence-corrected chi connectivity index (χ3v) is 4.27. The van der Waals surface area contributed by atoms with Gasteiger partial charge in [-0.05, 0) is 17.5 Å². The van der Waals surface area contributed by atoms with E-state index in [2.05, 4.69) is 26.6 Å². The molecule has 1 fully saturated rings. The van der Waals surface area contributed by atoms with Gasteiger partial charge in [0.05, 0.1) is 13.2 Å². The Morgan fingerprint density at radius 3 is 2.86 bits per heavy atom. The van der Waals surface area contributed by atoms with E-state index in [-0.39, 0.29) is 11.9 Å². The Morgan fingerprint density at radius 2 is 2.10 bits per heavy atom. The van der Waals surface area contributed by atoms with Gasteiger partial charge in [0.15, 0.2) is 0 Å². The molecule has 0 spiro atoms. The highest BCUT2D eigenvalue weighted by molar-refractivity contribution is 9.10.